The number of nitrogens with zero attached hydrogens (tertiary/aromatic N) is 5. The topological polar surface area (TPSA) is 35.5 Å². The number of aromatic nitrogens is 2. The van der Waals surface area contributed by atoms with E-state index in [1.807, 2.05) is 6.92 Å². The van der Waals surface area contributed by atoms with Crippen LogP contribution in [0.3, 0.4) is 0 Å². The zero-order chi connectivity index (χ0) is 18.8. The molecule has 1 aromatic heterocycles. The largest absolute Gasteiger partial charge is 0.368 e. The SMILES string of the molecule is Cc1cccc(N2CCN(c3cc(N4CCCC(C)C4)nc(C)n3)CC2)c1. The molecule has 1 atom stereocenters. The number of benzene rings is 1. The fourth-order valence-electron chi connectivity index (χ4n) is 4.28. The van der Waals surface area contributed by atoms with E-state index in [1.165, 1.54) is 24.1 Å². The maximum Gasteiger partial charge on any atom is 0.134 e. The van der Waals surface area contributed by atoms with Crippen LogP contribution < -0.4 is 14.7 Å². The maximum absolute atomic E-state index is 4.75. The normalized spacial score (nSPS) is 20.9. The van der Waals surface area contributed by atoms with Crippen LogP contribution in [0.5, 0.6) is 0 Å². The molecule has 2 saturated heterocycles. The molecule has 3 heterocycles. The van der Waals surface area contributed by atoms with E-state index in [2.05, 4.69) is 58.9 Å². The molecule has 4 rings (SSSR count). The molecule has 0 bridgehead atoms. The van der Waals surface area contributed by atoms with E-state index in [-0.39, 0.29) is 0 Å². The molecular formula is C22H31N5. The van der Waals surface area contributed by atoms with Crippen molar-refractivity contribution in [1.82, 2.24) is 9.97 Å². The number of rotatable bonds is 3. The fraction of sp³-hybridized carbons (Fsp3) is 0.545. The molecular weight excluding hydrogens is 334 g/mol. The second-order valence-electron chi connectivity index (χ2n) is 8.14. The molecule has 1 aromatic carbocycles. The van der Waals surface area contributed by atoms with Gasteiger partial charge in [-0.05, 0) is 50.3 Å². The van der Waals surface area contributed by atoms with Gasteiger partial charge in [-0.25, -0.2) is 9.97 Å². The van der Waals surface area contributed by atoms with Crippen LogP contribution in [0.1, 0.15) is 31.2 Å². The number of hydrogen-bond donors (Lipinski definition) is 0. The van der Waals surface area contributed by atoms with Crippen molar-refractivity contribution in [1.29, 1.82) is 0 Å². The predicted octanol–water partition coefficient (Wildman–Crippen LogP) is 3.66. The first kappa shape index (κ1) is 18.1. The molecule has 0 amide bonds. The van der Waals surface area contributed by atoms with Crippen LogP contribution in [0, 0.1) is 19.8 Å². The summed E-state index contributed by atoms with van der Waals surface area (Å²) in [5, 5.41) is 0. The van der Waals surface area contributed by atoms with Gasteiger partial charge in [0.1, 0.15) is 17.5 Å². The Morgan fingerprint density at radius 1 is 0.852 bits per heavy atom. The molecule has 5 heteroatoms. The Hall–Kier alpha value is -2.30. The smallest absolute Gasteiger partial charge is 0.134 e. The van der Waals surface area contributed by atoms with Crippen LogP contribution in [0.15, 0.2) is 30.3 Å². The Kier molecular flexibility index (Phi) is 5.19. The molecule has 2 aromatic rings. The highest BCUT2D eigenvalue weighted by Crippen LogP contribution is 2.26. The second-order valence-corrected chi connectivity index (χ2v) is 8.14. The number of hydrogen-bond acceptors (Lipinski definition) is 5. The molecule has 0 radical (unpaired) electrons. The summed E-state index contributed by atoms with van der Waals surface area (Å²) in [4.78, 5) is 16.8. The van der Waals surface area contributed by atoms with Gasteiger partial charge in [0, 0.05) is 51.0 Å². The second kappa shape index (κ2) is 7.75. The Bertz CT molecular complexity index is 782. The van der Waals surface area contributed by atoms with Gasteiger partial charge in [-0.3, -0.25) is 0 Å². The van der Waals surface area contributed by atoms with Crippen LogP contribution >= 0.6 is 0 Å². The van der Waals surface area contributed by atoms with E-state index >= 15 is 0 Å². The third-order valence-electron chi connectivity index (χ3n) is 5.76. The van der Waals surface area contributed by atoms with Crippen molar-refractivity contribution < 1.29 is 0 Å². The van der Waals surface area contributed by atoms with Crippen LogP contribution in [-0.4, -0.2) is 49.2 Å². The van der Waals surface area contributed by atoms with Crippen molar-refractivity contribution in [2.75, 3.05) is 54.0 Å². The predicted molar refractivity (Wildman–Crippen MR) is 113 cm³/mol. The third-order valence-corrected chi connectivity index (χ3v) is 5.76. The highest BCUT2D eigenvalue weighted by atomic mass is 15.3. The summed E-state index contributed by atoms with van der Waals surface area (Å²) in [6, 6.07) is 11.0. The Morgan fingerprint density at radius 2 is 1.56 bits per heavy atom. The zero-order valence-electron chi connectivity index (χ0n) is 16.9. The van der Waals surface area contributed by atoms with E-state index < -0.39 is 0 Å². The summed E-state index contributed by atoms with van der Waals surface area (Å²) in [6.07, 6.45) is 2.59. The van der Waals surface area contributed by atoms with E-state index in [0.29, 0.717) is 0 Å². The summed E-state index contributed by atoms with van der Waals surface area (Å²) < 4.78 is 0. The van der Waals surface area contributed by atoms with Gasteiger partial charge < -0.3 is 14.7 Å². The maximum atomic E-state index is 4.75. The summed E-state index contributed by atoms with van der Waals surface area (Å²) in [5.41, 5.74) is 2.65. The molecule has 0 spiro atoms. The summed E-state index contributed by atoms with van der Waals surface area (Å²) >= 11 is 0. The van der Waals surface area contributed by atoms with E-state index in [4.69, 9.17) is 9.97 Å². The molecule has 27 heavy (non-hydrogen) atoms. The van der Waals surface area contributed by atoms with Crippen LogP contribution in [0.25, 0.3) is 0 Å². The minimum atomic E-state index is 0.746. The zero-order valence-corrected chi connectivity index (χ0v) is 16.9. The average Bonchev–Trinajstić information content (AvgIpc) is 2.68. The molecule has 2 fully saturated rings. The lowest BCUT2D eigenvalue weighted by Gasteiger charge is -2.37. The van der Waals surface area contributed by atoms with Gasteiger partial charge in [0.2, 0.25) is 0 Å². The van der Waals surface area contributed by atoms with Crippen molar-refractivity contribution in [3.8, 4) is 0 Å². The Balaban J connectivity index is 1.46. The number of anilines is 3. The van der Waals surface area contributed by atoms with Gasteiger partial charge in [0.15, 0.2) is 0 Å². The first-order valence-electron chi connectivity index (χ1n) is 10.3. The minimum absolute atomic E-state index is 0.746. The monoisotopic (exact) mass is 365 g/mol. The quantitative estimate of drug-likeness (QED) is 0.829. The lowest BCUT2D eigenvalue weighted by atomic mass is 10.0. The summed E-state index contributed by atoms with van der Waals surface area (Å²) in [7, 11) is 0. The fourth-order valence-corrected chi connectivity index (χ4v) is 4.28. The standard InChI is InChI=1S/C22H31N5/c1-17-6-4-8-20(14-17)25-10-12-26(13-11-25)21-15-22(24-19(3)23-21)27-9-5-7-18(2)16-27/h4,6,8,14-15,18H,5,7,9-13,16H2,1-3H3. The summed E-state index contributed by atoms with van der Waals surface area (Å²) in [6.45, 7) is 12.8. The molecule has 144 valence electrons. The van der Waals surface area contributed by atoms with Crippen molar-refractivity contribution in [2.45, 2.75) is 33.6 Å². The van der Waals surface area contributed by atoms with E-state index in [9.17, 15) is 0 Å². The van der Waals surface area contributed by atoms with Crippen molar-refractivity contribution in [3.05, 3.63) is 41.7 Å². The highest BCUT2D eigenvalue weighted by molar-refractivity contribution is 5.54. The lowest BCUT2D eigenvalue weighted by molar-refractivity contribution is 0.444. The van der Waals surface area contributed by atoms with E-state index in [1.54, 1.807) is 0 Å². The van der Waals surface area contributed by atoms with Gasteiger partial charge in [-0.2, -0.15) is 0 Å². The van der Waals surface area contributed by atoms with Gasteiger partial charge in [-0.15, -0.1) is 0 Å². The summed E-state index contributed by atoms with van der Waals surface area (Å²) in [5.74, 6) is 3.81. The molecule has 1 unspecified atom stereocenters. The Morgan fingerprint density at radius 3 is 2.26 bits per heavy atom. The van der Waals surface area contributed by atoms with Gasteiger partial charge in [-0.1, -0.05) is 19.1 Å². The molecule has 2 aliphatic rings. The highest BCUT2D eigenvalue weighted by Gasteiger charge is 2.22. The molecule has 0 aliphatic carbocycles. The molecule has 5 nitrogen and oxygen atoms in total. The van der Waals surface area contributed by atoms with Crippen LogP contribution in [0.4, 0.5) is 17.3 Å². The molecule has 0 N–H and O–H groups in total. The van der Waals surface area contributed by atoms with Crippen LogP contribution in [0.2, 0.25) is 0 Å². The molecule has 2 aliphatic heterocycles. The number of piperazine rings is 1. The minimum Gasteiger partial charge on any atom is -0.368 e. The van der Waals surface area contributed by atoms with Crippen molar-refractivity contribution in [2.24, 2.45) is 5.92 Å². The first-order chi connectivity index (χ1) is 13.1. The number of piperidine rings is 1. The molecule has 0 saturated carbocycles. The van der Waals surface area contributed by atoms with Gasteiger partial charge >= 0.3 is 0 Å². The number of aryl methyl sites for hydroxylation is 2. The first-order valence-corrected chi connectivity index (χ1v) is 10.3. The third kappa shape index (κ3) is 4.18. The average molecular weight is 366 g/mol. The van der Waals surface area contributed by atoms with E-state index in [0.717, 1.165) is 62.6 Å². The van der Waals surface area contributed by atoms with Crippen LogP contribution in [-0.2, 0) is 0 Å². The Labute approximate surface area is 163 Å². The van der Waals surface area contributed by atoms with Gasteiger partial charge in [0.25, 0.3) is 0 Å². The van der Waals surface area contributed by atoms with Crippen molar-refractivity contribution >= 4 is 17.3 Å². The lowest BCUT2D eigenvalue weighted by Crippen LogP contribution is -2.47. The van der Waals surface area contributed by atoms with Crippen molar-refractivity contribution in [3.63, 3.8) is 0 Å². The van der Waals surface area contributed by atoms with Gasteiger partial charge in [0.05, 0.1) is 0 Å².